The largest absolute Gasteiger partial charge is 0.298 e. The molecule has 1 fully saturated rings. The van der Waals surface area contributed by atoms with E-state index in [1.807, 2.05) is 6.07 Å². The molecule has 0 spiro atoms. The monoisotopic (exact) mass is 186 g/mol. The molecule has 0 aromatic heterocycles. The zero-order valence-corrected chi connectivity index (χ0v) is 8.20. The molecule has 14 heavy (non-hydrogen) atoms. The minimum absolute atomic E-state index is 0.768. The van der Waals surface area contributed by atoms with Crippen LogP contribution in [0.2, 0.25) is 0 Å². The molecule has 3 rings (SSSR count). The third-order valence-electron chi connectivity index (χ3n) is 3.85. The molecule has 1 saturated carbocycles. The summed E-state index contributed by atoms with van der Waals surface area (Å²) < 4.78 is 0. The third kappa shape index (κ3) is 1.05. The quantitative estimate of drug-likeness (QED) is 0.616. The van der Waals surface area contributed by atoms with Gasteiger partial charge in [-0.05, 0) is 48.3 Å². The van der Waals surface area contributed by atoms with Crippen molar-refractivity contribution in [3.05, 3.63) is 34.9 Å². The van der Waals surface area contributed by atoms with Crippen molar-refractivity contribution in [2.24, 2.45) is 5.92 Å². The van der Waals surface area contributed by atoms with Gasteiger partial charge in [0.25, 0.3) is 0 Å². The van der Waals surface area contributed by atoms with Crippen LogP contribution >= 0.6 is 0 Å². The first kappa shape index (κ1) is 8.22. The molecule has 0 radical (unpaired) electrons. The van der Waals surface area contributed by atoms with Crippen LogP contribution in [0.15, 0.2) is 18.2 Å². The van der Waals surface area contributed by atoms with Crippen LogP contribution in [-0.2, 0) is 6.42 Å². The molecule has 0 aliphatic heterocycles. The van der Waals surface area contributed by atoms with E-state index in [9.17, 15) is 4.79 Å². The van der Waals surface area contributed by atoms with E-state index in [2.05, 4.69) is 12.1 Å². The second kappa shape index (κ2) is 2.94. The zero-order valence-electron chi connectivity index (χ0n) is 8.20. The van der Waals surface area contributed by atoms with Crippen LogP contribution in [0.25, 0.3) is 0 Å². The van der Waals surface area contributed by atoms with E-state index in [4.69, 9.17) is 0 Å². The summed E-state index contributed by atoms with van der Waals surface area (Å²) in [5, 5.41) is 0. The highest BCUT2D eigenvalue weighted by Crippen LogP contribution is 2.48. The number of aldehydes is 1. The third-order valence-corrected chi connectivity index (χ3v) is 3.85. The van der Waals surface area contributed by atoms with E-state index in [1.165, 1.54) is 36.8 Å². The number of rotatable bonds is 1. The zero-order chi connectivity index (χ0) is 9.54. The van der Waals surface area contributed by atoms with Crippen molar-refractivity contribution < 1.29 is 4.79 Å². The number of benzene rings is 1. The summed E-state index contributed by atoms with van der Waals surface area (Å²) in [4.78, 5) is 10.7. The van der Waals surface area contributed by atoms with Crippen LogP contribution in [0.1, 0.15) is 46.7 Å². The van der Waals surface area contributed by atoms with Crippen LogP contribution in [0.3, 0.4) is 0 Å². The highest BCUT2D eigenvalue weighted by atomic mass is 16.1. The van der Waals surface area contributed by atoms with Crippen molar-refractivity contribution >= 4 is 6.29 Å². The average Bonchev–Trinajstić information content (AvgIpc) is 2.76. The summed E-state index contributed by atoms with van der Waals surface area (Å²) in [6.07, 6.45) is 6.30. The Hall–Kier alpha value is -1.11. The number of fused-ring (bicyclic) bond motifs is 3. The molecule has 0 saturated heterocycles. The maximum Gasteiger partial charge on any atom is 0.150 e. The Morgan fingerprint density at radius 1 is 1.29 bits per heavy atom. The van der Waals surface area contributed by atoms with Gasteiger partial charge in [-0.3, -0.25) is 4.79 Å². The molecular weight excluding hydrogens is 172 g/mol. The lowest BCUT2D eigenvalue weighted by Gasteiger charge is -2.09. The van der Waals surface area contributed by atoms with Crippen LogP contribution in [0.4, 0.5) is 0 Å². The lowest BCUT2D eigenvalue weighted by Crippen LogP contribution is -1.97. The summed E-state index contributed by atoms with van der Waals surface area (Å²) in [7, 11) is 0. The summed E-state index contributed by atoms with van der Waals surface area (Å²) >= 11 is 0. The van der Waals surface area contributed by atoms with Crippen molar-refractivity contribution in [1.82, 2.24) is 0 Å². The Morgan fingerprint density at radius 3 is 3.07 bits per heavy atom. The average molecular weight is 186 g/mol. The Kier molecular flexibility index (Phi) is 1.73. The fourth-order valence-corrected chi connectivity index (χ4v) is 3.19. The molecule has 72 valence electrons. The van der Waals surface area contributed by atoms with Gasteiger partial charge in [-0.2, -0.15) is 0 Å². The second-order valence-corrected chi connectivity index (χ2v) is 4.58. The Bertz CT molecular complexity index is 381. The second-order valence-electron chi connectivity index (χ2n) is 4.58. The highest BCUT2D eigenvalue weighted by Gasteiger charge is 2.35. The number of carbonyl (C=O) groups is 1. The van der Waals surface area contributed by atoms with Gasteiger partial charge in [-0.25, -0.2) is 0 Å². The maximum absolute atomic E-state index is 10.7. The normalized spacial score (nSPS) is 28.6. The van der Waals surface area contributed by atoms with Gasteiger partial charge in [0.05, 0.1) is 0 Å². The van der Waals surface area contributed by atoms with Gasteiger partial charge >= 0.3 is 0 Å². The Morgan fingerprint density at radius 2 is 2.21 bits per heavy atom. The van der Waals surface area contributed by atoms with Crippen LogP contribution in [-0.4, -0.2) is 6.29 Å². The van der Waals surface area contributed by atoms with Crippen molar-refractivity contribution in [1.29, 1.82) is 0 Å². The van der Waals surface area contributed by atoms with Gasteiger partial charge in [0.2, 0.25) is 0 Å². The molecule has 1 nitrogen and oxygen atoms in total. The standard InChI is InChI=1S/C13H14O/c14-8-9-4-5-11-7-10-2-1-3-12(10)13(11)6-9/h4-6,8,10,12H,1-3,7H2. The summed E-state index contributed by atoms with van der Waals surface area (Å²) in [5.74, 6) is 1.65. The lowest BCUT2D eigenvalue weighted by atomic mass is 9.95. The lowest BCUT2D eigenvalue weighted by molar-refractivity contribution is 0.112. The first-order valence-electron chi connectivity index (χ1n) is 5.46. The van der Waals surface area contributed by atoms with Gasteiger partial charge in [0.1, 0.15) is 6.29 Å². The molecule has 0 heterocycles. The van der Waals surface area contributed by atoms with Gasteiger partial charge < -0.3 is 0 Å². The van der Waals surface area contributed by atoms with Crippen molar-refractivity contribution in [2.45, 2.75) is 31.6 Å². The molecule has 0 bridgehead atoms. The van der Waals surface area contributed by atoms with Crippen LogP contribution in [0, 0.1) is 5.92 Å². The van der Waals surface area contributed by atoms with Crippen molar-refractivity contribution in [2.75, 3.05) is 0 Å². The molecule has 0 N–H and O–H groups in total. The van der Waals surface area contributed by atoms with E-state index in [0.29, 0.717) is 0 Å². The topological polar surface area (TPSA) is 17.1 Å². The number of hydrogen-bond acceptors (Lipinski definition) is 1. The first-order valence-corrected chi connectivity index (χ1v) is 5.46. The smallest absolute Gasteiger partial charge is 0.150 e. The number of hydrogen-bond donors (Lipinski definition) is 0. The predicted molar refractivity (Wildman–Crippen MR) is 55.6 cm³/mol. The molecular formula is C13H14O. The predicted octanol–water partition coefficient (Wildman–Crippen LogP) is 2.94. The van der Waals surface area contributed by atoms with E-state index in [0.717, 1.165) is 23.7 Å². The SMILES string of the molecule is O=Cc1ccc2c(c1)C1CCCC1C2. The molecule has 0 amide bonds. The highest BCUT2D eigenvalue weighted by molar-refractivity contribution is 5.75. The van der Waals surface area contributed by atoms with Gasteiger partial charge in [0.15, 0.2) is 0 Å². The van der Waals surface area contributed by atoms with Gasteiger partial charge in [-0.1, -0.05) is 18.6 Å². The van der Waals surface area contributed by atoms with Crippen LogP contribution < -0.4 is 0 Å². The number of carbonyl (C=O) groups excluding carboxylic acids is 1. The molecule has 1 aromatic rings. The molecule has 1 aromatic carbocycles. The van der Waals surface area contributed by atoms with Gasteiger partial charge in [-0.15, -0.1) is 0 Å². The maximum atomic E-state index is 10.7. The molecule has 2 unspecified atom stereocenters. The summed E-state index contributed by atoms with van der Waals surface area (Å²) in [6.45, 7) is 0. The van der Waals surface area contributed by atoms with Crippen molar-refractivity contribution in [3.8, 4) is 0 Å². The van der Waals surface area contributed by atoms with E-state index >= 15 is 0 Å². The van der Waals surface area contributed by atoms with Crippen LogP contribution in [0.5, 0.6) is 0 Å². The Labute approximate surface area is 84.1 Å². The molecule has 1 heteroatoms. The molecule has 2 atom stereocenters. The fraction of sp³-hybridized carbons (Fsp3) is 0.462. The summed E-state index contributed by atoms with van der Waals surface area (Å²) in [6, 6.07) is 6.21. The molecule has 2 aliphatic carbocycles. The van der Waals surface area contributed by atoms with Crippen molar-refractivity contribution in [3.63, 3.8) is 0 Å². The van der Waals surface area contributed by atoms with E-state index < -0.39 is 0 Å². The van der Waals surface area contributed by atoms with E-state index in [-0.39, 0.29) is 0 Å². The molecule has 2 aliphatic rings. The minimum Gasteiger partial charge on any atom is -0.298 e. The fourth-order valence-electron chi connectivity index (χ4n) is 3.19. The van der Waals surface area contributed by atoms with Gasteiger partial charge in [0, 0.05) is 5.56 Å². The Balaban J connectivity index is 2.07. The summed E-state index contributed by atoms with van der Waals surface area (Å²) in [5.41, 5.74) is 3.80. The minimum atomic E-state index is 0.768. The first-order chi connectivity index (χ1) is 6.88. The van der Waals surface area contributed by atoms with E-state index in [1.54, 1.807) is 0 Å².